The molecule has 0 aromatic rings. The van der Waals surface area contributed by atoms with Gasteiger partial charge in [0.25, 0.3) is 0 Å². The second-order valence-corrected chi connectivity index (χ2v) is 12.7. The Kier molecular flexibility index (Phi) is 17.6. The minimum Gasteiger partial charge on any atom is -0.799 e. The van der Waals surface area contributed by atoms with Crippen molar-refractivity contribution in [2.75, 3.05) is 24.6 Å². The van der Waals surface area contributed by atoms with Crippen LogP contribution in [0.25, 0.3) is 0 Å². The van der Waals surface area contributed by atoms with Gasteiger partial charge in [-0.3, -0.25) is 0 Å². The largest absolute Gasteiger partial charge is 2.00 e. The van der Waals surface area contributed by atoms with Crippen LogP contribution >= 0.6 is 14.7 Å². The molecule has 0 aromatic heterocycles. The average Bonchev–Trinajstić information content (AvgIpc) is 2.06. The van der Waals surface area contributed by atoms with E-state index in [2.05, 4.69) is 0 Å². The average molecular weight is 394 g/mol. The zero-order valence-electron chi connectivity index (χ0n) is 16.4. The molecule has 0 radical (unpaired) electrons. The fourth-order valence-corrected chi connectivity index (χ4v) is 7.12. The van der Waals surface area contributed by atoms with Crippen LogP contribution in [0, 0.1) is 23.7 Å². The molecule has 23 heavy (non-hydrogen) atoms. The molecule has 4 nitrogen and oxygen atoms in total. The Balaban J connectivity index is -0.000000333. The summed E-state index contributed by atoms with van der Waals surface area (Å²) in [5, 5.41) is 0. The zero-order chi connectivity index (χ0) is 18.1. The van der Waals surface area contributed by atoms with E-state index < -0.39 is 14.7 Å². The summed E-state index contributed by atoms with van der Waals surface area (Å²) in [6.45, 7) is 15.5. The van der Waals surface area contributed by atoms with E-state index in [0.717, 1.165) is 0 Å². The molecule has 0 spiro atoms. The first kappa shape index (κ1) is 29.4. The molecular weight excluding hydrogens is 358 g/mol. The molecule has 0 heterocycles. The summed E-state index contributed by atoms with van der Waals surface area (Å²) in [4.78, 5) is 22.6. The van der Waals surface area contributed by atoms with Gasteiger partial charge in [-0.05, 0) is 48.3 Å². The second kappa shape index (κ2) is 13.8. The predicted octanol–water partition coefficient (Wildman–Crippen LogP) is 3.49. The topological polar surface area (TPSA) is 80.3 Å². The summed E-state index contributed by atoms with van der Waals surface area (Å²) < 4.78 is 22.6. The van der Waals surface area contributed by atoms with Crippen molar-refractivity contribution in [2.45, 2.75) is 55.4 Å². The van der Waals surface area contributed by atoms with Gasteiger partial charge in [0.05, 0.1) is 0 Å². The van der Waals surface area contributed by atoms with E-state index in [9.17, 15) is 18.9 Å². The summed E-state index contributed by atoms with van der Waals surface area (Å²) >= 11 is 0. The molecule has 0 aliphatic rings. The Labute approximate surface area is 174 Å². The molecule has 0 aliphatic heterocycles. The van der Waals surface area contributed by atoms with Crippen LogP contribution < -0.4 is 9.79 Å². The molecular formula is C16H36CaO4P2. The van der Waals surface area contributed by atoms with Gasteiger partial charge < -0.3 is 18.9 Å². The number of hydrogen-bond donors (Lipinski definition) is 0. The maximum Gasteiger partial charge on any atom is 2.00 e. The summed E-state index contributed by atoms with van der Waals surface area (Å²) in [6.07, 6.45) is 1.41. The Bertz CT molecular complexity index is 318. The van der Waals surface area contributed by atoms with Gasteiger partial charge in [-0.25, -0.2) is 0 Å². The molecule has 0 rings (SSSR count). The fourth-order valence-electron chi connectivity index (χ4n) is 2.37. The SMILES string of the molecule is CC(C)CP(=O)([O-])CC(C)C.CC(C)CP(=O)([O-])CC(C)C.[Ca+2]. The molecule has 0 saturated heterocycles. The van der Waals surface area contributed by atoms with E-state index in [4.69, 9.17) is 0 Å². The van der Waals surface area contributed by atoms with Crippen molar-refractivity contribution < 1.29 is 18.9 Å². The first-order valence-corrected chi connectivity index (χ1v) is 12.2. The molecule has 0 aliphatic carbocycles. The van der Waals surface area contributed by atoms with Gasteiger partial charge >= 0.3 is 37.7 Å². The maximum absolute atomic E-state index is 11.3. The van der Waals surface area contributed by atoms with Gasteiger partial charge in [0.2, 0.25) is 0 Å². The van der Waals surface area contributed by atoms with E-state index in [-0.39, 0.29) is 61.4 Å². The monoisotopic (exact) mass is 394 g/mol. The van der Waals surface area contributed by atoms with Crippen LogP contribution in [0.3, 0.4) is 0 Å². The number of rotatable bonds is 8. The van der Waals surface area contributed by atoms with Gasteiger partial charge in [0, 0.05) is 14.7 Å². The maximum atomic E-state index is 11.3. The minimum atomic E-state index is -3.05. The van der Waals surface area contributed by atoms with Crippen LogP contribution in [0.4, 0.5) is 0 Å². The molecule has 0 bridgehead atoms. The summed E-state index contributed by atoms with van der Waals surface area (Å²) in [5.41, 5.74) is 0. The second-order valence-electron chi connectivity index (χ2n) is 7.93. The molecule has 0 fully saturated rings. The zero-order valence-corrected chi connectivity index (χ0v) is 20.4. The Morgan fingerprint density at radius 3 is 0.783 bits per heavy atom. The molecule has 0 saturated carbocycles. The van der Waals surface area contributed by atoms with Crippen LogP contribution in [0.15, 0.2) is 0 Å². The van der Waals surface area contributed by atoms with E-state index in [1.807, 2.05) is 55.4 Å². The standard InChI is InChI=1S/2C8H19O2P.Ca/c2*1-7(2)5-11(9,10)6-8(3)4;/h2*7-8H,5-6H2,1-4H3,(H,9,10);/q;;+2/p-2. The van der Waals surface area contributed by atoms with Crippen molar-refractivity contribution in [1.82, 2.24) is 0 Å². The van der Waals surface area contributed by atoms with Gasteiger partial charge in [-0.15, -0.1) is 0 Å². The smallest absolute Gasteiger partial charge is 0.799 e. The summed E-state index contributed by atoms with van der Waals surface area (Å²) in [5.74, 6) is 1.04. The predicted molar refractivity (Wildman–Crippen MR) is 99.8 cm³/mol. The first-order chi connectivity index (χ1) is 9.67. The minimum absolute atomic E-state index is 0. The van der Waals surface area contributed by atoms with Crippen LogP contribution in [0.2, 0.25) is 0 Å². The van der Waals surface area contributed by atoms with Gasteiger partial charge in [0.15, 0.2) is 0 Å². The van der Waals surface area contributed by atoms with Crippen LogP contribution in [-0.2, 0) is 9.13 Å². The first-order valence-electron chi connectivity index (χ1n) is 8.25. The molecule has 0 aromatic carbocycles. The molecule has 7 heteroatoms. The van der Waals surface area contributed by atoms with E-state index in [0.29, 0.717) is 24.6 Å². The van der Waals surface area contributed by atoms with Crippen LogP contribution in [0.5, 0.6) is 0 Å². The van der Waals surface area contributed by atoms with Gasteiger partial charge in [-0.2, -0.15) is 0 Å². The van der Waals surface area contributed by atoms with E-state index >= 15 is 0 Å². The molecule has 0 N–H and O–H groups in total. The van der Waals surface area contributed by atoms with Gasteiger partial charge in [0.1, 0.15) is 0 Å². The normalized spacial score (nSPS) is 12.4. The number of hydrogen-bond acceptors (Lipinski definition) is 4. The summed E-state index contributed by atoms with van der Waals surface area (Å²) in [6, 6.07) is 0. The van der Waals surface area contributed by atoms with Crippen molar-refractivity contribution in [3.63, 3.8) is 0 Å². The van der Waals surface area contributed by atoms with Gasteiger partial charge in [-0.1, -0.05) is 55.4 Å². The van der Waals surface area contributed by atoms with Crippen molar-refractivity contribution in [3.05, 3.63) is 0 Å². The fraction of sp³-hybridized carbons (Fsp3) is 1.00. The van der Waals surface area contributed by atoms with Crippen LogP contribution in [-0.4, -0.2) is 62.4 Å². The quantitative estimate of drug-likeness (QED) is 0.466. The Hall–Kier alpha value is 1.64. The van der Waals surface area contributed by atoms with E-state index in [1.165, 1.54) is 0 Å². The van der Waals surface area contributed by atoms with Crippen molar-refractivity contribution in [3.8, 4) is 0 Å². The Morgan fingerprint density at radius 1 is 0.565 bits per heavy atom. The van der Waals surface area contributed by atoms with E-state index in [1.54, 1.807) is 0 Å². The molecule has 0 amide bonds. The van der Waals surface area contributed by atoms with Crippen LogP contribution in [0.1, 0.15) is 55.4 Å². The third-order valence-electron chi connectivity index (χ3n) is 2.57. The molecule has 0 unspecified atom stereocenters. The van der Waals surface area contributed by atoms with Crippen molar-refractivity contribution in [2.24, 2.45) is 23.7 Å². The van der Waals surface area contributed by atoms with Crippen molar-refractivity contribution >= 4 is 52.5 Å². The molecule has 0 atom stereocenters. The third kappa shape index (κ3) is 23.6. The summed E-state index contributed by atoms with van der Waals surface area (Å²) in [7, 11) is -6.11. The third-order valence-corrected chi connectivity index (χ3v) is 7.72. The van der Waals surface area contributed by atoms with Crippen molar-refractivity contribution in [1.29, 1.82) is 0 Å². The molecule has 136 valence electrons. The Morgan fingerprint density at radius 2 is 0.696 bits per heavy atom.